The molecule has 1 fully saturated rings. The zero-order chi connectivity index (χ0) is 13.9. The van der Waals surface area contributed by atoms with E-state index in [1.165, 1.54) is 0 Å². The minimum absolute atomic E-state index is 0.192. The number of hydrogen-bond donors (Lipinski definition) is 0. The van der Waals surface area contributed by atoms with E-state index in [-0.39, 0.29) is 18.2 Å². The van der Waals surface area contributed by atoms with Crippen molar-refractivity contribution in [2.45, 2.75) is 26.1 Å². The molecule has 0 aromatic heterocycles. The minimum atomic E-state index is -0.303. The molecule has 0 spiro atoms. The maximum Gasteiger partial charge on any atom is 0.338 e. The molecule has 1 saturated heterocycles. The summed E-state index contributed by atoms with van der Waals surface area (Å²) in [5.74, 6) is -0.111. The van der Waals surface area contributed by atoms with E-state index in [4.69, 9.17) is 14.3 Å². The summed E-state index contributed by atoms with van der Waals surface area (Å²) in [5.41, 5.74) is 2.42. The summed E-state index contributed by atoms with van der Waals surface area (Å²) in [6.45, 7) is 2.90. The lowest BCUT2D eigenvalue weighted by Gasteiger charge is -2.23. The van der Waals surface area contributed by atoms with Gasteiger partial charge in [-0.05, 0) is 37.5 Å². The smallest absolute Gasteiger partial charge is 0.338 e. The second kappa shape index (κ2) is 5.63. The number of ether oxygens (including phenoxy) is 2. The van der Waals surface area contributed by atoms with Crippen molar-refractivity contribution in [3.05, 3.63) is 35.4 Å². The second-order valence-electron chi connectivity index (χ2n) is 4.87. The van der Waals surface area contributed by atoms with E-state index in [1.807, 2.05) is 12.1 Å². The van der Waals surface area contributed by atoms with Crippen molar-refractivity contribution in [1.82, 2.24) is 0 Å². The van der Waals surface area contributed by atoms with Gasteiger partial charge in [-0.15, -0.1) is 0 Å². The molecule has 5 nitrogen and oxygen atoms in total. The second-order valence-corrected chi connectivity index (χ2v) is 4.87. The summed E-state index contributed by atoms with van der Waals surface area (Å²) in [6, 6.07) is 7.27. The van der Waals surface area contributed by atoms with Crippen LogP contribution in [0.1, 0.15) is 35.7 Å². The number of oxime groups is 1. The normalized spacial score (nSPS) is 24.6. The molecule has 2 aliphatic heterocycles. The van der Waals surface area contributed by atoms with Gasteiger partial charge in [-0.3, -0.25) is 0 Å². The van der Waals surface area contributed by atoms with Crippen molar-refractivity contribution in [3.63, 3.8) is 0 Å². The Labute approximate surface area is 117 Å². The van der Waals surface area contributed by atoms with Gasteiger partial charge in [0, 0.05) is 0 Å². The number of rotatable bonds is 3. The highest BCUT2D eigenvalue weighted by molar-refractivity contribution is 6.03. The topological polar surface area (TPSA) is 57.1 Å². The summed E-state index contributed by atoms with van der Waals surface area (Å²) in [5, 5.41) is 4.14. The van der Waals surface area contributed by atoms with Crippen LogP contribution in [0, 0.1) is 5.92 Å². The molecule has 1 aromatic carbocycles. The maximum atomic E-state index is 11.6. The molecule has 0 aliphatic carbocycles. The number of fused-ring (bicyclic) bond motifs is 1. The van der Waals surface area contributed by atoms with Crippen molar-refractivity contribution in [2.24, 2.45) is 11.1 Å². The fraction of sp³-hybridized carbons (Fsp3) is 0.467. The van der Waals surface area contributed by atoms with Crippen LogP contribution in [0.2, 0.25) is 0 Å². The average Bonchev–Trinajstić information content (AvgIpc) is 2.92. The Kier molecular flexibility index (Phi) is 3.69. The first-order chi connectivity index (χ1) is 9.79. The van der Waals surface area contributed by atoms with Crippen LogP contribution < -0.4 is 0 Å². The van der Waals surface area contributed by atoms with E-state index in [0.29, 0.717) is 12.2 Å². The third-order valence-electron chi connectivity index (χ3n) is 3.57. The number of esters is 1. The molecule has 3 rings (SSSR count). The largest absolute Gasteiger partial charge is 0.462 e. The first-order valence-electron chi connectivity index (χ1n) is 6.92. The quantitative estimate of drug-likeness (QED) is 0.795. The van der Waals surface area contributed by atoms with E-state index in [1.54, 1.807) is 19.1 Å². The molecular weight excluding hydrogens is 258 g/mol. The molecule has 0 radical (unpaired) electrons. The molecule has 2 atom stereocenters. The highest BCUT2D eigenvalue weighted by Gasteiger charge is 2.37. The van der Waals surface area contributed by atoms with Gasteiger partial charge in [-0.2, -0.15) is 0 Å². The predicted molar refractivity (Wildman–Crippen MR) is 72.5 cm³/mol. The number of benzene rings is 1. The van der Waals surface area contributed by atoms with Gasteiger partial charge in [0.1, 0.15) is 0 Å². The molecule has 5 heteroatoms. The lowest BCUT2D eigenvalue weighted by molar-refractivity contribution is -0.162. The molecule has 2 heterocycles. The molecule has 106 valence electrons. The summed E-state index contributed by atoms with van der Waals surface area (Å²) in [4.78, 5) is 16.9. The van der Waals surface area contributed by atoms with Crippen LogP contribution in [0.15, 0.2) is 29.4 Å². The Morgan fingerprint density at radius 1 is 1.40 bits per heavy atom. The van der Waals surface area contributed by atoms with Gasteiger partial charge in [-0.25, -0.2) is 4.79 Å². The zero-order valence-electron chi connectivity index (χ0n) is 11.4. The zero-order valence-corrected chi connectivity index (χ0v) is 11.4. The fourth-order valence-electron chi connectivity index (χ4n) is 2.56. The maximum absolute atomic E-state index is 11.6. The molecule has 2 aliphatic rings. The monoisotopic (exact) mass is 275 g/mol. The van der Waals surface area contributed by atoms with Crippen LogP contribution in [0.4, 0.5) is 0 Å². The fourth-order valence-corrected chi connectivity index (χ4v) is 2.56. The Morgan fingerprint density at radius 2 is 2.20 bits per heavy atom. The predicted octanol–water partition coefficient (Wildman–Crippen LogP) is 2.35. The van der Waals surface area contributed by atoms with Crippen molar-refractivity contribution >= 4 is 11.7 Å². The first kappa shape index (κ1) is 13.1. The van der Waals surface area contributed by atoms with Gasteiger partial charge >= 0.3 is 5.97 Å². The Morgan fingerprint density at radius 3 is 2.95 bits per heavy atom. The lowest BCUT2D eigenvalue weighted by atomic mass is 9.91. The molecule has 0 amide bonds. The number of carbonyl (C=O) groups excluding carboxylic acids is 1. The lowest BCUT2D eigenvalue weighted by Crippen LogP contribution is -2.31. The van der Waals surface area contributed by atoms with Crippen molar-refractivity contribution in [1.29, 1.82) is 0 Å². The molecule has 0 saturated carbocycles. The van der Waals surface area contributed by atoms with Crippen LogP contribution in [0.3, 0.4) is 0 Å². The van der Waals surface area contributed by atoms with Gasteiger partial charge in [0.2, 0.25) is 6.29 Å². The van der Waals surface area contributed by atoms with Crippen LogP contribution in [-0.2, 0) is 14.3 Å². The molecule has 0 bridgehead atoms. The first-order valence-corrected chi connectivity index (χ1v) is 6.92. The highest BCUT2D eigenvalue weighted by Crippen LogP contribution is 2.31. The van der Waals surface area contributed by atoms with Crippen molar-refractivity contribution in [3.8, 4) is 0 Å². The molecular formula is C15H17NO4. The van der Waals surface area contributed by atoms with E-state index in [2.05, 4.69) is 5.16 Å². The Balaban J connectivity index is 1.76. The standard InChI is InChI=1S/C15H17NO4/c1-2-18-14(17)11-7-5-10(6-8-11)13-12-4-3-9-19-15(12)20-16-13/h5-8,12,15H,2-4,9H2,1H3. The number of nitrogens with zero attached hydrogens (tertiary/aromatic N) is 1. The van der Waals surface area contributed by atoms with Gasteiger partial charge < -0.3 is 14.3 Å². The molecule has 1 aromatic rings. The summed E-state index contributed by atoms with van der Waals surface area (Å²) in [7, 11) is 0. The Bertz CT molecular complexity index is 523. The average molecular weight is 275 g/mol. The Hall–Kier alpha value is -1.88. The number of carbonyl (C=O) groups is 1. The van der Waals surface area contributed by atoms with Gasteiger partial charge in [0.25, 0.3) is 0 Å². The van der Waals surface area contributed by atoms with Crippen molar-refractivity contribution < 1.29 is 19.1 Å². The third-order valence-corrected chi connectivity index (χ3v) is 3.57. The number of hydrogen-bond acceptors (Lipinski definition) is 5. The van der Waals surface area contributed by atoms with E-state index in [9.17, 15) is 4.79 Å². The van der Waals surface area contributed by atoms with Gasteiger partial charge in [0.15, 0.2) is 0 Å². The minimum Gasteiger partial charge on any atom is -0.462 e. The highest BCUT2D eigenvalue weighted by atomic mass is 16.8. The third kappa shape index (κ3) is 2.41. The summed E-state index contributed by atoms with van der Waals surface area (Å²) in [6.07, 6.45) is 1.79. The van der Waals surface area contributed by atoms with Crippen LogP contribution >= 0.6 is 0 Å². The van der Waals surface area contributed by atoms with Crippen molar-refractivity contribution in [2.75, 3.05) is 13.2 Å². The van der Waals surface area contributed by atoms with E-state index < -0.39 is 0 Å². The SMILES string of the molecule is CCOC(=O)c1ccc(C2=NOC3OCCCC23)cc1. The van der Waals surface area contributed by atoms with Crippen LogP contribution in [-0.4, -0.2) is 31.2 Å². The van der Waals surface area contributed by atoms with Crippen LogP contribution in [0.5, 0.6) is 0 Å². The summed E-state index contributed by atoms with van der Waals surface area (Å²) < 4.78 is 10.5. The molecule has 0 N–H and O–H groups in total. The van der Waals surface area contributed by atoms with Gasteiger partial charge in [0.05, 0.1) is 30.4 Å². The molecule has 2 unspecified atom stereocenters. The van der Waals surface area contributed by atoms with Crippen LogP contribution in [0.25, 0.3) is 0 Å². The van der Waals surface area contributed by atoms with Gasteiger partial charge in [-0.1, -0.05) is 17.3 Å². The molecule has 20 heavy (non-hydrogen) atoms. The van der Waals surface area contributed by atoms with E-state index in [0.717, 1.165) is 30.7 Å². The van der Waals surface area contributed by atoms with E-state index >= 15 is 0 Å². The summed E-state index contributed by atoms with van der Waals surface area (Å²) >= 11 is 0.